The van der Waals surface area contributed by atoms with E-state index in [0.717, 1.165) is 15.7 Å². The number of anilines is 1. The van der Waals surface area contributed by atoms with Crippen molar-refractivity contribution < 1.29 is 9.21 Å². The Morgan fingerprint density at radius 1 is 1.19 bits per heavy atom. The van der Waals surface area contributed by atoms with Crippen LogP contribution >= 0.6 is 27.3 Å². The number of amides is 1. The van der Waals surface area contributed by atoms with Crippen LogP contribution in [0.1, 0.15) is 0 Å². The summed E-state index contributed by atoms with van der Waals surface area (Å²) in [5.41, 5.74) is 2.78. The number of nitrogens with one attached hydrogen (secondary N) is 1. The number of benzene rings is 2. The Bertz CT molecular complexity index is 1140. The van der Waals surface area contributed by atoms with E-state index in [0.29, 0.717) is 16.2 Å². The number of fused-ring (bicyclic) bond motifs is 1. The average molecular weight is 430 g/mol. The van der Waals surface area contributed by atoms with Gasteiger partial charge in [0.25, 0.3) is 0 Å². The lowest BCUT2D eigenvalue weighted by Gasteiger charge is -2.02. The van der Waals surface area contributed by atoms with Crippen LogP contribution in [-0.4, -0.2) is 15.5 Å². The number of aromatic nitrogens is 2. The summed E-state index contributed by atoms with van der Waals surface area (Å²) >= 11 is 4.73. The molecule has 0 bridgehead atoms. The number of halogens is 1. The molecule has 0 radical (unpaired) electrons. The number of thiazole rings is 1. The maximum atomic E-state index is 12.3. The zero-order valence-electron chi connectivity index (χ0n) is 13.3. The van der Waals surface area contributed by atoms with Crippen LogP contribution in [0, 0.1) is 0 Å². The van der Waals surface area contributed by atoms with Gasteiger partial charge in [0.2, 0.25) is 5.91 Å². The summed E-state index contributed by atoms with van der Waals surface area (Å²) in [4.78, 5) is 28.7. The molecule has 1 amide bonds. The van der Waals surface area contributed by atoms with Crippen LogP contribution in [0.15, 0.2) is 67.6 Å². The SMILES string of the molecule is O=C(Cn1c(=O)oc2ccccc21)Nc1nc(-c2ccc(Br)cc2)cs1. The highest BCUT2D eigenvalue weighted by Gasteiger charge is 2.14. The van der Waals surface area contributed by atoms with Crippen molar-refractivity contribution in [1.29, 1.82) is 0 Å². The fourth-order valence-electron chi connectivity index (χ4n) is 2.55. The fourth-order valence-corrected chi connectivity index (χ4v) is 3.55. The fraction of sp³-hybridized carbons (Fsp3) is 0.0556. The third-order valence-corrected chi connectivity index (χ3v) is 5.05. The zero-order chi connectivity index (χ0) is 18.1. The normalized spacial score (nSPS) is 11.0. The molecule has 0 unspecified atom stereocenters. The summed E-state index contributed by atoms with van der Waals surface area (Å²) in [6.07, 6.45) is 0. The number of hydrogen-bond acceptors (Lipinski definition) is 5. The van der Waals surface area contributed by atoms with Crippen molar-refractivity contribution in [2.75, 3.05) is 5.32 Å². The van der Waals surface area contributed by atoms with Crippen LogP contribution in [0.5, 0.6) is 0 Å². The molecule has 0 aliphatic carbocycles. The van der Waals surface area contributed by atoms with E-state index < -0.39 is 5.76 Å². The molecule has 0 atom stereocenters. The van der Waals surface area contributed by atoms with E-state index in [1.54, 1.807) is 24.3 Å². The molecule has 4 rings (SSSR count). The molecule has 0 aliphatic heterocycles. The summed E-state index contributed by atoms with van der Waals surface area (Å²) < 4.78 is 7.42. The first kappa shape index (κ1) is 16.7. The minimum absolute atomic E-state index is 0.136. The van der Waals surface area contributed by atoms with Crippen molar-refractivity contribution in [2.45, 2.75) is 6.54 Å². The van der Waals surface area contributed by atoms with Crippen LogP contribution in [0.3, 0.4) is 0 Å². The third kappa shape index (κ3) is 3.33. The summed E-state index contributed by atoms with van der Waals surface area (Å²) in [7, 11) is 0. The van der Waals surface area contributed by atoms with Crippen molar-refractivity contribution in [2.24, 2.45) is 0 Å². The van der Waals surface area contributed by atoms with Crippen molar-refractivity contribution in [1.82, 2.24) is 9.55 Å². The molecule has 0 aliphatic rings. The number of carbonyl (C=O) groups excluding carboxylic acids is 1. The number of oxazole rings is 1. The number of nitrogens with zero attached hydrogens (tertiary/aromatic N) is 2. The quantitative estimate of drug-likeness (QED) is 0.529. The lowest BCUT2D eigenvalue weighted by molar-refractivity contribution is -0.116. The number of carbonyl (C=O) groups is 1. The Morgan fingerprint density at radius 3 is 2.77 bits per heavy atom. The first-order valence-electron chi connectivity index (χ1n) is 7.70. The second-order valence-electron chi connectivity index (χ2n) is 5.51. The van der Waals surface area contributed by atoms with Crippen LogP contribution < -0.4 is 11.1 Å². The predicted octanol–water partition coefficient (Wildman–Crippen LogP) is 4.12. The maximum absolute atomic E-state index is 12.3. The summed E-state index contributed by atoms with van der Waals surface area (Å²) in [6.45, 7) is -0.136. The smallest absolute Gasteiger partial charge is 0.408 e. The van der Waals surface area contributed by atoms with Gasteiger partial charge in [0.1, 0.15) is 6.54 Å². The van der Waals surface area contributed by atoms with Gasteiger partial charge in [-0.3, -0.25) is 9.36 Å². The zero-order valence-corrected chi connectivity index (χ0v) is 15.7. The molecule has 0 saturated carbocycles. The predicted molar refractivity (Wildman–Crippen MR) is 104 cm³/mol. The highest BCUT2D eigenvalue weighted by atomic mass is 79.9. The molecule has 1 N–H and O–H groups in total. The van der Waals surface area contributed by atoms with Crippen molar-refractivity contribution >= 4 is 49.4 Å². The minimum atomic E-state index is -0.559. The van der Waals surface area contributed by atoms with E-state index in [2.05, 4.69) is 26.2 Å². The largest absolute Gasteiger partial charge is 0.420 e. The van der Waals surface area contributed by atoms with Gasteiger partial charge in [-0.05, 0) is 24.3 Å². The second kappa shape index (κ2) is 6.89. The molecule has 4 aromatic rings. The summed E-state index contributed by atoms with van der Waals surface area (Å²) in [5.74, 6) is -0.897. The number of para-hydroxylation sites is 2. The number of rotatable bonds is 4. The molecule has 2 aromatic heterocycles. The molecule has 2 aromatic carbocycles. The van der Waals surface area contributed by atoms with Gasteiger partial charge in [-0.25, -0.2) is 9.78 Å². The molecule has 8 heteroatoms. The summed E-state index contributed by atoms with van der Waals surface area (Å²) in [5, 5.41) is 5.09. The highest BCUT2D eigenvalue weighted by Crippen LogP contribution is 2.26. The van der Waals surface area contributed by atoms with Gasteiger partial charge in [0, 0.05) is 15.4 Å². The van der Waals surface area contributed by atoms with E-state index in [1.165, 1.54) is 15.9 Å². The molecule has 2 heterocycles. The van der Waals surface area contributed by atoms with Gasteiger partial charge in [-0.2, -0.15) is 0 Å². The van der Waals surface area contributed by atoms with Gasteiger partial charge < -0.3 is 9.73 Å². The minimum Gasteiger partial charge on any atom is -0.408 e. The standard InChI is InChI=1S/C18H12BrN3O3S/c19-12-7-5-11(6-8-12)13-10-26-17(20-13)21-16(23)9-22-14-3-1-2-4-15(14)25-18(22)24/h1-8,10H,9H2,(H,20,21,23). The molecule has 0 spiro atoms. The van der Waals surface area contributed by atoms with E-state index >= 15 is 0 Å². The molecule has 130 valence electrons. The first-order chi connectivity index (χ1) is 12.6. The molecule has 0 fully saturated rings. The van der Waals surface area contributed by atoms with Crippen LogP contribution in [0.25, 0.3) is 22.4 Å². The third-order valence-electron chi connectivity index (χ3n) is 3.77. The van der Waals surface area contributed by atoms with Crippen molar-refractivity contribution in [3.8, 4) is 11.3 Å². The first-order valence-corrected chi connectivity index (χ1v) is 9.37. The Labute approximate surface area is 160 Å². The molecular weight excluding hydrogens is 418 g/mol. The summed E-state index contributed by atoms with van der Waals surface area (Å²) in [6, 6.07) is 14.8. The van der Waals surface area contributed by atoms with Gasteiger partial charge >= 0.3 is 5.76 Å². The highest BCUT2D eigenvalue weighted by molar-refractivity contribution is 9.10. The van der Waals surface area contributed by atoms with Crippen LogP contribution in [-0.2, 0) is 11.3 Å². The monoisotopic (exact) mass is 429 g/mol. The Morgan fingerprint density at radius 2 is 1.96 bits per heavy atom. The molecule has 0 saturated heterocycles. The Kier molecular flexibility index (Phi) is 4.44. The molecular formula is C18H12BrN3O3S. The van der Waals surface area contributed by atoms with E-state index in [1.807, 2.05) is 29.6 Å². The van der Waals surface area contributed by atoms with Gasteiger partial charge in [-0.15, -0.1) is 11.3 Å². The van der Waals surface area contributed by atoms with Gasteiger partial charge in [0.15, 0.2) is 10.7 Å². The molecule has 26 heavy (non-hydrogen) atoms. The number of hydrogen-bond donors (Lipinski definition) is 1. The van der Waals surface area contributed by atoms with Gasteiger partial charge in [0.05, 0.1) is 11.2 Å². The lowest BCUT2D eigenvalue weighted by atomic mass is 10.2. The maximum Gasteiger partial charge on any atom is 0.420 e. The van der Waals surface area contributed by atoms with E-state index in [9.17, 15) is 9.59 Å². The van der Waals surface area contributed by atoms with Gasteiger partial charge in [-0.1, -0.05) is 40.2 Å². The van der Waals surface area contributed by atoms with E-state index in [4.69, 9.17) is 4.42 Å². The van der Waals surface area contributed by atoms with Crippen LogP contribution in [0.4, 0.5) is 5.13 Å². The van der Waals surface area contributed by atoms with Crippen LogP contribution in [0.2, 0.25) is 0 Å². The lowest BCUT2D eigenvalue weighted by Crippen LogP contribution is -2.24. The average Bonchev–Trinajstić information content (AvgIpc) is 3.21. The van der Waals surface area contributed by atoms with Crippen molar-refractivity contribution in [3.63, 3.8) is 0 Å². The second-order valence-corrected chi connectivity index (χ2v) is 7.29. The molecule has 6 nitrogen and oxygen atoms in total. The van der Waals surface area contributed by atoms with E-state index in [-0.39, 0.29) is 12.5 Å². The van der Waals surface area contributed by atoms with Crippen molar-refractivity contribution in [3.05, 3.63) is 68.9 Å². The Hall–Kier alpha value is -2.71. The Balaban J connectivity index is 1.51. The topological polar surface area (TPSA) is 77.1 Å².